The van der Waals surface area contributed by atoms with Crippen LogP contribution in [0.25, 0.3) is 11.0 Å². The molecule has 1 amide bonds. The SMILES string of the molecule is Cc1c(NCc2coc3ccccc23)cccc1C(=O)NCCO. The Morgan fingerprint density at radius 1 is 1.17 bits per heavy atom. The molecule has 0 spiro atoms. The lowest BCUT2D eigenvalue weighted by Gasteiger charge is -2.13. The van der Waals surface area contributed by atoms with Crippen LogP contribution < -0.4 is 10.6 Å². The predicted octanol–water partition coefficient (Wildman–Crippen LogP) is 3.08. The van der Waals surface area contributed by atoms with Crippen molar-refractivity contribution in [3.05, 3.63) is 65.4 Å². The maximum Gasteiger partial charge on any atom is 0.251 e. The summed E-state index contributed by atoms with van der Waals surface area (Å²) in [6, 6.07) is 13.5. The number of hydrogen-bond donors (Lipinski definition) is 3. The van der Waals surface area contributed by atoms with Crippen molar-refractivity contribution in [3.63, 3.8) is 0 Å². The Bertz CT molecular complexity index is 855. The molecule has 3 aromatic rings. The number of carbonyl (C=O) groups excluding carboxylic acids is 1. The number of fused-ring (bicyclic) bond motifs is 1. The Morgan fingerprint density at radius 2 is 2.00 bits per heavy atom. The van der Waals surface area contributed by atoms with Crippen LogP contribution in [0, 0.1) is 6.92 Å². The number of aliphatic hydroxyl groups is 1. The Hall–Kier alpha value is -2.79. The Morgan fingerprint density at radius 3 is 2.83 bits per heavy atom. The molecule has 2 aromatic carbocycles. The number of rotatable bonds is 6. The zero-order valence-electron chi connectivity index (χ0n) is 13.5. The van der Waals surface area contributed by atoms with E-state index in [2.05, 4.69) is 10.6 Å². The van der Waals surface area contributed by atoms with Gasteiger partial charge in [-0.1, -0.05) is 24.3 Å². The summed E-state index contributed by atoms with van der Waals surface area (Å²) in [5.41, 5.74) is 4.31. The molecule has 0 unspecified atom stereocenters. The molecule has 0 fully saturated rings. The summed E-state index contributed by atoms with van der Waals surface area (Å²) in [5.74, 6) is -0.182. The lowest BCUT2D eigenvalue weighted by Crippen LogP contribution is -2.27. The largest absolute Gasteiger partial charge is 0.464 e. The molecule has 0 radical (unpaired) electrons. The van der Waals surface area contributed by atoms with Gasteiger partial charge in [-0.2, -0.15) is 0 Å². The lowest BCUT2D eigenvalue weighted by atomic mass is 10.1. The first-order valence-electron chi connectivity index (χ1n) is 7.88. The van der Waals surface area contributed by atoms with Crippen molar-refractivity contribution in [3.8, 4) is 0 Å². The van der Waals surface area contributed by atoms with Crippen LogP contribution in [-0.4, -0.2) is 24.2 Å². The van der Waals surface area contributed by atoms with E-state index in [4.69, 9.17) is 9.52 Å². The number of para-hydroxylation sites is 1. The zero-order valence-corrected chi connectivity index (χ0v) is 13.5. The molecule has 5 heteroatoms. The van der Waals surface area contributed by atoms with Gasteiger partial charge in [0.05, 0.1) is 12.9 Å². The molecule has 0 aliphatic heterocycles. The third-order valence-corrected chi connectivity index (χ3v) is 4.01. The fraction of sp³-hybridized carbons (Fsp3) is 0.211. The Balaban J connectivity index is 1.77. The fourth-order valence-electron chi connectivity index (χ4n) is 2.70. The molecule has 24 heavy (non-hydrogen) atoms. The molecular formula is C19H20N2O3. The molecule has 0 atom stereocenters. The van der Waals surface area contributed by atoms with Crippen molar-refractivity contribution in [2.45, 2.75) is 13.5 Å². The Kier molecular flexibility index (Phi) is 4.82. The van der Waals surface area contributed by atoms with Crippen LogP contribution in [0.3, 0.4) is 0 Å². The second-order valence-electron chi connectivity index (χ2n) is 5.57. The third kappa shape index (κ3) is 3.26. The highest BCUT2D eigenvalue weighted by Gasteiger charge is 2.12. The van der Waals surface area contributed by atoms with Gasteiger partial charge in [0, 0.05) is 35.3 Å². The van der Waals surface area contributed by atoms with E-state index in [1.54, 1.807) is 12.3 Å². The van der Waals surface area contributed by atoms with E-state index in [1.165, 1.54) is 0 Å². The van der Waals surface area contributed by atoms with Crippen LogP contribution in [0.15, 0.2) is 53.1 Å². The molecule has 5 nitrogen and oxygen atoms in total. The highest BCUT2D eigenvalue weighted by atomic mass is 16.3. The van der Waals surface area contributed by atoms with E-state index < -0.39 is 0 Å². The second-order valence-corrected chi connectivity index (χ2v) is 5.57. The van der Waals surface area contributed by atoms with Gasteiger partial charge in [-0.05, 0) is 30.7 Å². The Labute approximate surface area is 140 Å². The van der Waals surface area contributed by atoms with Crippen molar-refractivity contribution in [1.29, 1.82) is 0 Å². The number of anilines is 1. The van der Waals surface area contributed by atoms with E-state index in [1.807, 2.05) is 43.3 Å². The van der Waals surface area contributed by atoms with Crippen molar-refractivity contribution < 1.29 is 14.3 Å². The standard InChI is InChI=1S/C19H20N2O3/c1-13-15(19(23)20-9-10-22)6-4-7-17(13)21-11-14-12-24-18-8-3-2-5-16(14)18/h2-8,12,21-22H,9-11H2,1H3,(H,20,23). The van der Waals surface area contributed by atoms with Gasteiger partial charge < -0.3 is 20.2 Å². The van der Waals surface area contributed by atoms with E-state index >= 15 is 0 Å². The van der Waals surface area contributed by atoms with Gasteiger partial charge in [-0.15, -0.1) is 0 Å². The fourth-order valence-corrected chi connectivity index (χ4v) is 2.70. The number of furan rings is 1. The highest BCUT2D eigenvalue weighted by molar-refractivity contribution is 5.97. The average molecular weight is 324 g/mol. The molecule has 0 aliphatic carbocycles. The highest BCUT2D eigenvalue weighted by Crippen LogP contribution is 2.24. The molecule has 0 saturated carbocycles. The molecule has 0 saturated heterocycles. The third-order valence-electron chi connectivity index (χ3n) is 4.01. The van der Waals surface area contributed by atoms with Crippen LogP contribution in [0.4, 0.5) is 5.69 Å². The first-order valence-corrected chi connectivity index (χ1v) is 7.88. The predicted molar refractivity (Wildman–Crippen MR) is 94.1 cm³/mol. The normalized spacial score (nSPS) is 10.8. The zero-order chi connectivity index (χ0) is 16.9. The smallest absolute Gasteiger partial charge is 0.251 e. The van der Waals surface area contributed by atoms with E-state index in [-0.39, 0.29) is 19.1 Å². The summed E-state index contributed by atoms with van der Waals surface area (Å²) in [5, 5.41) is 16.0. The number of nitrogens with one attached hydrogen (secondary N) is 2. The van der Waals surface area contributed by atoms with E-state index in [0.29, 0.717) is 12.1 Å². The minimum absolute atomic E-state index is 0.0731. The van der Waals surface area contributed by atoms with Crippen LogP contribution in [0.1, 0.15) is 21.5 Å². The van der Waals surface area contributed by atoms with E-state index in [9.17, 15) is 4.79 Å². The summed E-state index contributed by atoms with van der Waals surface area (Å²) in [6.45, 7) is 2.69. The average Bonchev–Trinajstić information content (AvgIpc) is 3.02. The van der Waals surface area contributed by atoms with Gasteiger partial charge in [0.15, 0.2) is 0 Å². The van der Waals surface area contributed by atoms with Crippen LogP contribution in [-0.2, 0) is 6.54 Å². The van der Waals surface area contributed by atoms with Gasteiger partial charge in [-0.3, -0.25) is 4.79 Å². The van der Waals surface area contributed by atoms with Crippen molar-refractivity contribution >= 4 is 22.6 Å². The van der Waals surface area contributed by atoms with Crippen LogP contribution in [0.2, 0.25) is 0 Å². The van der Waals surface area contributed by atoms with Gasteiger partial charge in [0.2, 0.25) is 0 Å². The maximum absolute atomic E-state index is 12.1. The van der Waals surface area contributed by atoms with Gasteiger partial charge in [0.1, 0.15) is 5.58 Å². The monoisotopic (exact) mass is 324 g/mol. The molecule has 0 aliphatic rings. The number of hydrogen-bond acceptors (Lipinski definition) is 4. The van der Waals surface area contributed by atoms with Crippen LogP contribution >= 0.6 is 0 Å². The number of aliphatic hydroxyl groups excluding tert-OH is 1. The number of benzene rings is 2. The summed E-state index contributed by atoms with van der Waals surface area (Å²) in [4.78, 5) is 12.1. The summed E-state index contributed by atoms with van der Waals surface area (Å²) >= 11 is 0. The van der Waals surface area contributed by atoms with Crippen molar-refractivity contribution in [1.82, 2.24) is 5.32 Å². The summed E-state index contributed by atoms with van der Waals surface area (Å²) in [7, 11) is 0. The van der Waals surface area contributed by atoms with Gasteiger partial charge in [0.25, 0.3) is 5.91 Å². The minimum atomic E-state index is -0.182. The summed E-state index contributed by atoms with van der Waals surface area (Å²) in [6.07, 6.45) is 1.75. The van der Waals surface area contributed by atoms with Gasteiger partial charge >= 0.3 is 0 Å². The molecule has 3 N–H and O–H groups in total. The molecular weight excluding hydrogens is 304 g/mol. The van der Waals surface area contributed by atoms with Gasteiger partial charge in [-0.25, -0.2) is 0 Å². The summed E-state index contributed by atoms with van der Waals surface area (Å²) < 4.78 is 5.55. The molecule has 1 aromatic heterocycles. The number of carbonyl (C=O) groups is 1. The quantitative estimate of drug-likeness (QED) is 0.651. The maximum atomic E-state index is 12.1. The molecule has 1 heterocycles. The lowest BCUT2D eigenvalue weighted by molar-refractivity contribution is 0.0944. The molecule has 124 valence electrons. The van der Waals surface area contributed by atoms with Crippen molar-refractivity contribution in [2.24, 2.45) is 0 Å². The van der Waals surface area contributed by atoms with Crippen LogP contribution in [0.5, 0.6) is 0 Å². The van der Waals surface area contributed by atoms with Crippen molar-refractivity contribution in [2.75, 3.05) is 18.5 Å². The first kappa shape index (κ1) is 16.1. The minimum Gasteiger partial charge on any atom is -0.464 e. The first-order chi connectivity index (χ1) is 11.7. The molecule has 3 rings (SSSR count). The topological polar surface area (TPSA) is 74.5 Å². The molecule has 0 bridgehead atoms. The number of amides is 1. The van der Waals surface area contributed by atoms with E-state index in [0.717, 1.165) is 27.8 Å². The second kappa shape index (κ2) is 7.19.